The molecular weight excluding hydrogens is 426 g/mol. The van der Waals surface area contributed by atoms with E-state index in [1.165, 1.54) is 23.4 Å². The van der Waals surface area contributed by atoms with Crippen LogP contribution in [0.4, 0.5) is 4.79 Å². The molecule has 0 bridgehead atoms. The van der Waals surface area contributed by atoms with Crippen LogP contribution in [0.5, 0.6) is 5.75 Å². The van der Waals surface area contributed by atoms with Gasteiger partial charge in [-0.2, -0.15) is 0 Å². The SMILES string of the molecule is C=CCNC(=O)NC(=O)CSc1nnc(-c2ccc(OC)cc2)n1CCc1ccccc1. The summed E-state index contributed by atoms with van der Waals surface area (Å²) in [6.07, 6.45) is 2.32. The van der Waals surface area contributed by atoms with Gasteiger partial charge in [-0.15, -0.1) is 16.8 Å². The summed E-state index contributed by atoms with van der Waals surface area (Å²) in [7, 11) is 1.62. The number of aryl methyl sites for hydroxylation is 1. The number of carbonyl (C=O) groups is 2. The number of amides is 3. The maximum Gasteiger partial charge on any atom is 0.321 e. The minimum atomic E-state index is -0.556. The van der Waals surface area contributed by atoms with E-state index >= 15 is 0 Å². The third-order valence-electron chi connectivity index (χ3n) is 4.52. The summed E-state index contributed by atoms with van der Waals surface area (Å²) >= 11 is 1.23. The minimum Gasteiger partial charge on any atom is -0.497 e. The number of hydrogen-bond acceptors (Lipinski definition) is 6. The molecule has 3 rings (SSSR count). The van der Waals surface area contributed by atoms with Crippen LogP contribution in [0.25, 0.3) is 11.4 Å². The van der Waals surface area contributed by atoms with E-state index in [9.17, 15) is 9.59 Å². The summed E-state index contributed by atoms with van der Waals surface area (Å²) in [5.41, 5.74) is 2.08. The van der Waals surface area contributed by atoms with Crippen molar-refractivity contribution in [2.24, 2.45) is 0 Å². The highest BCUT2D eigenvalue weighted by Crippen LogP contribution is 2.26. The van der Waals surface area contributed by atoms with Crippen molar-refractivity contribution in [3.8, 4) is 17.1 Å². The lowest BCUT2D eigenvalue weighted by atomic mass is 10.1. The molecule has 2 N–H and O–H groups in total. The van der Waals surface area contributed by atoms with Gasteiger partial charge in [0.25, 0.3) is 0 Å². The molecule has 0 atom stereocenters. The van der Waals surface area contributed by atoms with E-state index in [0.29, 0.717) is 17.5 Å². The van der Waals surface area contributed by atoms with E-state index in [2.05, 4.69) is 39.5 Å². The first-order valence-corrected chi connectivity index (χ1v) is 11.0. The molecule has 0 aliphatic heterocycles. The zero-order valence-electron chi connectivity index (χ0n) is 17.8. The lowest BCUT2D eigenvalue weighted by molar-refractivity contribution is -0.117. The predicted octanol–water partition coefficient (Wildman–Crippen LogP) is 3.30. The molecule has 3 aromatic rings. The quantitative estimate of drug-likeness (QED) is 0.363. The number of aromatic nitrogens is 3. The lowest BCUT2D eigenvalue weighted by Crippen LogP contribution is -2.40. The number of imide groups is 1. The van der Waals surface area contributed by atoms with Crippen molar-refractivity contribution in [3.63, 3.8) is 0 Å². The van der Waals surface area contributed by atoms with Crippen molar-refractivity contribution in [2.45, 2.75) is 18.1 Å². The van der Waals surface area contributed by atoms with E-state index in [0.717, 1.165) is 17.7 Å². The molecule has 1 heterocycles. The fourth-order valence-electron chi connectivity index (χ4n) is 2.94. The molecule has 0 spiro atoms. The zero-order chi connectivity index (χ0) is 22.8. The van der Waals surface area contributed by atoms with Crippen LogP contribution in [0, 0.1) is 0 Å². The highest BCUT2D eigenvalue weighted by atomic mass is 32.2. The Morgan fingerprint density at radius 3 is 2.56 bits per heavy atom. The predicted molar refractivity (Wildman–Crippen MR) is 125 cm³/mol. The third kappa shape index (κ3) is 6.45. The molecule has 2 aromatic carbocycles. The van der Waals surface area contributed by atoms with Crippen LogP contribution in [0.2, 0.25) is 0 Å². The number of ether oxygens (including phenoxy) is 1. The Bertz CT molecular complexity index is 1050. The highest BCUT2D eigenvalue weighted by Gasteiger charge is 2.17. The molecule has 0 aliphatic carbocycles. The van der Waals surface area contributed by atoms with Gasteiger partial charge in [0.2, 0.25) is 5.91 Å². The molecule has 9 heteroatoms. The highest BCUT2D eigenvalue weighted by molar-refractivity contribution is 7.99. The Balaban J connectivity index is 1.75. The van der Waals surface area contributed by atoms with E-state index < -0.39 is 11.9 Å². The van der Waals surface area contributed by atoms with Gasteiger partial charge in [-0.05, 0) is 36.2 Å². The Labute approximate surface area is 191 Å². The topological polar surface area (TPSA) is 98.1 Å². The third-order valence-corrected chi connectivity index (χ3v) is 5.49. The molecule has 166 valence electrons. The number of carbonyl (C=O) groups excluding carboxylic acids is 2. The molecule has 0 saturated carbocycles. The van der Waals surface area contributed by atoms with Gasteiger partial charge in [0.05, 0.1) is 12.9 Å². The number of rotatable bonds is 10. The molecule has 0 saturated heterocycles. The van der Waals surface area contributed by atoms with Crippen LogP contribution in [0.3, 0.4) is 0 Å². The van der Waals surface area contributed by atoms with Crippen LogP contribution in [0.15, 0.2) is 72.4 Å². The van der Waals surface area contributed by atoms with Crippen molar-refractivity contribution in [3.05, 3.63) is 72.8 Å². The summed E-state index contributed by atoms with van der Waals surface area (Å²) in [5, 5.41) is 14.1. The molecule has 1 aromatic heterocycles. The minimum absolute atomic E-state index is 0.0353. The molecule has 8 nitrogen and oxygen atoms in total. The Morgan fingerprint density at radius 2 is 1.88 bits per heavy atom. The van der Waals surface area contributed by atoms with Crippen molar-refractivity contribution < 1.29 is 14.3 Å². The number of hydrogen-bond donors (Lipinski definition) is 2. The van der Waals surface area contributed by atoms with Crippen molar-refractivity contribution in [2.75, 3.05) is 19.4 Å². The molecule has 3 amide bonds. The monoisotopic (exact) mass is 451 g/mol. The fraction of sp³-hybridized carbons (Fsp3) is 0.217. The maximum absolute atomic E-state index is 12.1. The summed E-state index contributed by atoms with van der Waals surface area (Å²) in [5.74, 6) is 1.08. The lowest BCUT2D eigenvalue weighted by Gasteiger charge is -2.11. The number of methoxy groups -OCH3 is 1. The molecule has 0 radical (unpaired) electrons. The van der Waals surface area contributed by atoms with Crippen LogP contribution in [-0.2, 0) is 17.8 Å². The molecule has 0 unspecified atom stereocenters. The Kier molecular flexibility index (Phi) is 8.44. The summed E-state index contributed by atoms with van der Waals surface area (Å²) in [4.78, 5) is 23.8. The number of benzene rings is 2. The van der Waals surface area contributed by atoms with Crippen molar-refractivity contribution in [1.29, 1.82) is 0 Å². The van der Waals surface area contributed by atoms with Crippen molar-refractivity contribution >= 4 is 23.7 Å². The number of urea groups is 1. The van der Waals surface area contributed by atoms with Crippen molar-refractivity contribution in [1.82, 2.24) is 25.4 Å². The Morgan fingerprint density at radius 1 is 1.12 bits per heavy atom. The standard InChI is InChI=1S/C23H25N5O3S/c1-3-14-24-22(30)25-20(29)16-32-23-27-26-21(18-9-11-19(31-2)12-10-18)28(23)15-13-17-7-5-4-6-8-17/h3-12H,1,13-16H2,2H3,(H2,24,25,29,30). The molecule has 0 aliphatic rings. The number of thioether (sulfide) groups is 1. The van der Waals surface area contributed by atoms with Gasteiger partial charge in [0, 0.05) is 18.7 Å². The zero-order valence-corrected chi connectivity index (χ0v) is 18.6. The normalized spacial score (nSPS) is 10.4. The van der Waals surface area contributed by atoms with E-state index in [1.807, 2.05) is 47.0 Å². The van der Waals surface area contributed by atoms with Gasteiger partial charge in [-0.25, -0.2) is 4.79 Å². The number of nitrogens with zero attached hydrogens (tertiary/aromatic N) is 3. The van der Waals surface area contributed by atoms with Gasteiger partial charge in [-0.1, -0.05) is 48.2 Å². The smallest absolute Gasteiger partial charge is 0.321 e. The van der Waals surface area contributed by atoms with Gasteiger partial charge in [0.15, 0.2) is 11.0 Å². The Hall–Kier alpha value is -3.59. The average Bonchev–Trinajstić information content (AvgIpc) is 3.23. The van der Waals surface area contributed by atoms with E-state index in [4.69, 9.17) is 4.74 Å². The van der Waals surface area contributed by atoms with Gasteiger partial charge in [-0.3, -0.25) is 10.1 Å². The second-order valence-electron chi connectivity index (χ2n) is 6.76. The first-order chi connectivity index (χ1) is 15.6. The number of nitrogens with one attached hydrogen (secondary N) is 2. The second kappa shape index (κ2) is 11.7. The van der Waals surface area contributed by atoms with E-state index in [1.54, 1.807) is 7.11 Å². The fourth-order valence-corrected chi connectivity index (χ4v) is 3.70. The van der Waals surface area contributed by atoms with Crippen LogP contribution < -0.4 is 15.4 Å². The molecule has 32 heavy (non-hydrogen) atoms. The second-order valence-corrected chi connectivity index (χ2v) is 7.70. The maximum atomic E-state index is 12.1. The summed E-state index contributed by atoms with van der Waals surface area (Å²) < 4.78 is 7.23. The average molecular weight is 452 g/mol. The summed E-state index contributed by atoms with van der Waals surface area (Å²) in [6.45, 7) is 4.44. The van der Waals surface area contributed by atoms with Crippen LogP contribution in [0.1, 0.15) is 5.56 Å². The largest absolute Gasteiger partial charge is 0.497 e. The van der Waals surface area contributed by atoms with Gasteiger partial charge < -0.3 is 14.6 Å². The van der Waals surface area contributed by atoms with Crippen LogP contribution >= 0.6 is 11.8 Å². The first kappa shape index (κ1) is 23.1. The summed E-state index contributed by atoms with van der Waals surface area (Å²) in [6, 6.07) is 17.2. The van der Waals surface area contributed by atoms with E-state index in [-0.39, 0.29) is 12.3 Å². The van der Waals surface area contributed by atoms with Crippen LogP contribution in [-0.4, -0.2) is 46.1 Å². The first-order valence-electron chi connectivity index (χ1n) is 10.0. The molecule has 0 fully saturated rings. The molecular formula is C23H25N5O3S. The van der Waals surface area contributed by atoms with Gasteiger partial charge in [0.1, 0.15) is 5.75 Å². The van der Waals surface area contributed by atoms with Gasteiger partial charge >= 0.3 is 6.03 Å².